The molecular weight excluding hydrogens is 400 g/mol. The lowest BCUT2D eigenvalue weighted by atomic mass is 10.1. The van der Waals surface area contributed by atoms with Gasteiger partial charge >= 0.3 is 0 Å². The van der Waals surface area contributed by atoms with E-state index in [9.17, 15) is 13.2 Å². The van der Waals surface area contributed by atoms with Crippen molar-refractivity contribution in [3.63, 3.8) is 0 Å². The first-order chi connectivity index (χ1) is 14.4. The Morgan fingerprint density at radius 3 is 2.23 bits per heavy atom. The van der Waals surface area contributed by atoms with Crippen molar-refractivity contribution in [2.24, 2.45) is 0 Å². The molecule has 3 rings (SSSR count). The highest BCUT2D eigenvalue weighted by Gasteiger charge is 2.16. The molecule has 6 nitrogen and oxygen atoms in total. The average molecular weight is 425 g/mol. The Labute approximate surface area is 177 Å². The monoisotopic (exact) mass is 424 g/mol. The number of para-hydroxylation sites is 1. The molecule has 0 unspecified atom stereocenters. The second-order valence-corrected chi connectivity index (χ2v) is 8.48. The summed E-state index contributed by atoms with van der Waals surface area (Å²) in [7, 11) is -2.11. The molecule has 0 fully saturated rings. The molecule has 3 aromatic carbocycles. The molecule has 1 amide bonds. The lowest BCUT2D eigenvalue weighted by Gasteiger charge is -2.11. The van der Waals surface area contributed by atoms with Gasteiger partial charge in [0.2, 0.25) is 0 Å². The van der Waals surface area contributed by atoms with Gasteiger partial charge in [0.15, 0.2) is 0 Å². The molecule has 0 radical (unpaired) electrons. The average Bonchev–Trinajstić information content (AvgIpc) is 2.76. The summed E-state index contributed by atoms with van der Waals surface area (Å²) in [5.74, 6) is 0.536. The highest BCUT2D eigenvalue weighted by molar-refractivity contribution is 7.92. The van der Waals surface area contributed by atoms with Crippen molar-refractivity contribution in [3.8, 4) is 5.75 Å². The zero-order valence-electron chi connectivity index (χ0n) is 16.9. The van der Waals surface area contributed by atoms with Crippen LogP contribution in [0.2, 0.25) is 0 Å². The Morgan fingerprint density at radius 2 is 1.60 bits per heavy atom. The summed E-state index contributed by atoms with van der Waals surface area (Å²) in [6.45, 7) is 2.30. The lowest BCUT2D eigenvalue weighted by Crippen LogP contribution is -2.25. The Hall–Kier alpha value is -3.32. The fourth-order valence-corrected chi connectivity index (χ4v) is 4.02. The van der Waals surface area contributed by atoms with E-state index >= 15 is 0 Å². The predicted octanol–water partition coefficient (Wildman–Crippen LogP) is 3.78. The van der Waals surface area contributed by atoms with E-state index in [1.165, 1.54) is 24.3 Å². The van der Waals surface area contributed by atoms with Crippen LogP contribution in [0, 0.1) is 6.92 Å². The third kappa shape index (κ3) is 5.39. The molecule has 0 atom stereocenters. The van der Waals surface area contributed by atoms with Gasteiger partial charge in [-0.15, -0.1) is 0 Å². The van der Waals surface area contributed by atoms with Crippen LogP contribution in [0.4, 0.5) is 5.69 Å². The van der Waals surface area contributed by atoms with Crippen LogP contribution in [-0.4, -0.2) is 28.0 Å². The summed E-state index contributed by atoms with van der Waals surface area (Å²) < 4.78 is 32.9. The molecule has 0 aliphatic rings. The Morgan fingerprint density at radius 1 is 0.933 bits per heavy atom. The third-order valence-corrected chi connectivity index (χ3v) is 6.06. The minimum absolute atomic E-state index is 0.0977. The van der Waals surface area contributed by atoms with E-state index in [0.29, 0.717) is 24.2 Å². The maximum atomic E-state index is 12.6. The number of anilines is 1. The Balaban J connectivity index is 1.58. The largest absolute Gasteiger partial charge is 0.497 e. The van der Waals surface area contributed by atoms with Gasteiger partial charge in [-0.25, -0.2) is 8.42 Å². The quantitative estimate of drug-likeness (QED) is 0.576. The highest BCUT2D eigenvalue weighted by atomic mass is 32.2. The number of carbonyl (C=O) groups excluding carboxylic acids is 1. The zero-order chi connectivity index (χ0) is 21.6. The number of hydrogen-bond donors (Lipinski definition) is 2. The van der Waals surface area contributed by atoms with E-state index in [4.69, 9.17) is 4.74 Å². The minimum atomic E-state index is -3.73. The van der Waals surface area contributed by atoms with Crippen LogP contribution >= 0.6 is 0 Å². The summed E-state index contributed by atoms with van der Waals surface area (Å²) in [6, 6.07) is 20.7. The van der Waals surface area contributed by atoms with Gasteiger partial charge in [-0.1, -0.05) is 30.3 Å². The summed E-state index contributed by atoms with van der Waals surface area (Å²) in [5.41, 5.74) is 2.84. The van der Waals surface area contributed by atoms with Crippen LogP contribution in [0.5, 0.6) is 5.75 Å². The van der Waals surface area contributed by atoms with Gasteiger partial charge < -0.3 is 10.1 Å². The number of aryl methyl sites for hydroxylation is 1. The van der Waals surface area contributed by atoms with Gasteiger partial charge in [-0.05, 0) is 66.9 Å². The van der Waals surface area contributed by atoms with E-state index in [1.807, 2.05) is 43.3 Å². The van der Waals surface area contributed by atoms with E-state index in [2.05, 4.69) is 10.0 Å². The van der Waals surface area contributed by atoms with Crippen LogP contribution in [-0.2, 0) is 16.4 Å². The zero-order valence-corrected chi connectivity index (χ0v) is 17.7. The molecule has 0 saturated heterocycles. The second kappa shape index (κ2) is 9.45. The van der Waals surface area contributed by atoms with Crippen LogP contribution in [0.15, 0.2) is 77.7 Å². The van der Waals surface area contributed by atoms with Crippen LogP contribution < -0.4 is 14.8 Å². The molecule has 2 N–H and O–H groups in total. The molecule has 30 heavy (non-hydrogen) atoms. The first kappa shape index (κ1) is 21.4. The van der Waals surface area contributed by atoms with Gasteiger partial charge in [-0.3, -0.25) is 9.52 Å². The fourth-order valence-electron chi connectivity index (χ4n) is 2.89. The van der Waals surface area contributed by atoms with Gasteiger partial charge in [-0.2, -0.15) is 0 Å². The standard InChI is InChI=1S/C23H24N2O4S/c1-17-5-3-4-6-22(17)25-30(27,28)21-13-9-19(10-14-21)23(26)24-16-15-18-7-11-20(29-2)12-8-18/h3-14,25H,15-16H2,1-2H3,(H,24,26). The molecule has 156 valence electrons. The van der Waals surface area contributed by atoms with Crippen molar-refractivity contribution >= 4 is 21.6 Å². The van der Waals surface area contributed by atoms with Gasteiger partial charge in [0, 0.05) is 12.1 Å². The molecule has 0 bridgehead atoms. The molecular formula is C23H24N2O4S. The predicted molar refractivity (Wildman–Crippen MR) is 117 cm³/mol. The molecule has 3 aromatic rings. The maximum absolute atomic E-state index is 12.6. The number of methoxy groups -OCH3 is 1. The topological polar surface area (TPSA) is 84.5 Å². The number of benzene rings is 3. The molecule has 0 aromatic heterocycles. The number of amides is 1. The molecule has 0 heterocycles. The molecule has 0 aliphatic heterocycles. The summed E-state index contributed by atoms with van der Waals surface area (Å²) in [5, 5.41) is 2.85. The molecule has 0 aliphatic carbocycles. The minimum Gasteiger partial charge on any atom is -0.497 e. The van der Waals surface area contributed by atoms with Crippen LogP contribution in [0.1, 0.15) is 21.5 Å². The van der Waals surface area contributed by atoms with Crippen molar-refractivity contribution in [3.05, 3.63) is 89.5 Å². The Kier molecular flexibility index (Phi) is 6.74. The van der Waals surface area contributed by atoms with Gasteiger partial charge in [0.25, 0.3) is 15.9 Å². The van der Waals surface area contributed by atoms with Crippen LogP contribution in [0.25, 0.3) is 0 Å². The highest BCUT2D eigenvalue weighted by Crippen LogP contribution is 2.19. The molecule has 0 saturated carbocycles. The summed E-state index contributed by atoms with van der Waals surface area (Å²) in [4.78, 5) is 12.4. The van der Waals surface area contributed by atoms with Crippen molar-refractivity contribution < 1.29 is 17.9 Å². The smallest absolute Gasteiger partial charge is 0.261 e. The first-order valence-electron chi connectivity index (χ1n) is 9.49. The molecule has 0 spiro atoms. The van der Waals surface area contributed by atoms with E-state index in [1.54, 1.807) is 19.2 Å². The fraction of sp³-hybridized carbons (Fsp3) is 0.174. The normalized spacial score (nSPS) is 11.0. The van der Waals surface area contributed by atoms with Crippen molar-refractivity contribution in [1.29, 1.82) is 0 Å². The van der Waals surface area contributed by atoms with E-state index in [0.717, 1.165) is 16.9 Å². The van der Waals surface area contributed by atoms with Crippen LogP contribution in [0.3, 0.4) is 0 Å². The number of hydrogen-bond acceptors (Lipinski definition) is 4. The number of rotatable bonds is 8. The first-order valence-corrected chi connectivity index (χ1v) is 11.0. The van der Waals surface area contributed by atoms with E-state index < -0.39 is 10.0 Å². The third-order valence-electron chi connectivity index (χ3n) is 4.67. The van der Waals surface area contributed by atoms with E-state index in [-0.39, 0.29) is 10.8 Å². The Bertz CT molecular complexity index is 1110. The number of sulfonamides is 1. The SMILES string of the molecule is COc1ccc(CCNC(=O)c2ccc(S(=O)(=O)Nc3ccccc3C)cc2)cc1. The summed E-state index contributed by atoms with van der Waals surface area (Å²) in [6.07, 6.45) is 0.683. The lowest BCUT2D eigenvalue weighted by molar-refractivity contribution is 0.0954. The second-order valence-electron chi connectivity index (χ2n) is 6.80. The van der Waals surface area contributed by atoms with Crippen molar-refractivity contribution in [2.45, 2.75) is 18.2 Å². The number of ether oxygens (including phenoxy) is 1. The van der Waals surface area contributed by atoms with Crippen molar-refractivity contribution in [2.75, 3.05) is 18.4 Å². The number of carbonyl (C=O) groups is 1. The number of nitrogens with one attached hydrogen (secondary N) is 2. The van der Waals surface area contributed by atoms with Crippen molar-refractivity contribution in [1.82, 2.24) is 5.32 Å². The summed E-state index contributed by atoms with van der Waals surface area (Å²) >= 11 is 0. The maximum Gasteiger partial charge on any atom is 0.261 e. The van der Waals surface area contributed by atoms with Gasteiger partial charge in [0.05, 0.1) is 17.7 Å². The molecule has 7 heteroatoms. The van der Waals surface area contributed by atoms with Gasteiger partial charge in [0.1, 0.15) is 5.75 Å².